The van der Waals surface area contributed by atoms with Crippen molar-refractivity contribution in [1.29, 1.82) is 0 Å². The molecule has 0 spiro atoms. The molecule has 7 nitrogen and oxygen atoms in total. The van der Waals surface area contributed by atoms with Crippen LogP contribution in [0.25, 0.3) is 0 Å². The first-order chi connectivity index (χ1) is 7.40. The molecule has 0 aromatic heterocycles. The minimum Gasteiger partial charge on any atom is -0.481 e. The van der Waals surface area contributed by atoms with Crippen molar-refractivity contribution in [2.75, 3.05) is 13.1 Å². The highest BCUT2D eigenvalue weighted by atomic mass is 16.4. The summed E-state index contributed by atoms with van der Waals surface area (Å²) in [6.45, 7) is 1.70. The van der Waals surface area contributed by atoms with Crippen molar-refractivity contribution in [2.45, 2.75) is 31.6 Å². The summed E-state index contributed by atoms with van der Waals surface area (Å²) in [6, 6.07) is -0.954. The van der Waals surface area contributed by atoms with E-state index in [0.717, 1.165) is 0 Å². The molecule has 1 saturated heterocycles. The number of carbonyl (C=O) groups is 2. The molecule has 1 aliphatic rings. The first kappa shape index (κ1) is 12.7. The first-order valence-electron chi connectivity index (χ1n) is 5.03. The van der Waals surface area contributed by atoms with E-state index in [2.05, 4.69) is 5.32 Å². The number of nitrogens with zero attached hydrogens (tertiary/aromatic N) is 1. The Kier molecular flexibility index (Phi) is 4.08. The number of carboxylic acid groups (broad SMARTS) is 1. The molecule has 0 bridgehead atoms. The van der Waals surface area contributed by atoms with Gasteiger partial charge in [-0.1, -0.05) is 0 Å². The molecular weight excluding hydrogens is 216 g/mol. The van der Waals surface area contributed by atoms with Crippen molar-refractivity contribution in [3.63, 3.8) is 0 Å². The van der Waals surface area contributed by atoms with Crippen molar-refractivity contribution in [3.8, 4) is 0 Å². The number of likely N-dealkylation sites (tertiary alicyclic amines) is 1. The van der Waals surface area contributed by atoms with Crippen LogP contribution in [0.3, 0.4) is 0 Å². The second-order valence-electron chi connectivity index (χ2n) is 3.99. The second kappa shape index (κ2) is 5.13. The van der Waals surface area contributed by atoms with Crippen molar-refractivity contribution in [1.82, 2.24) is 10.2 Å². The minimum atomic E-state index is -0.991. The molecule has 1 heterocycles. The topological polar surface area (TPSA) is 110 Å². The van der Waals surface area contributed by atoms with E-state index >= 15 is 0 Å². The van der Waals surface area contributed by atoms with E-state index < -0.39 is 30.3 Å². The second-order valence-corrected chi connectivity index (χ2v) is 3.99. The van der Waals surface area contributed by atoms with Gasteiger partial charge in [-0.25, -0.2) is 4.79 Å². The van der Waals surface area contributed by atoms with Crippen LogP contribution in [0.4, 0.5) is 4.79 Å². The summed E-state index contributed by atoms with van der Waals surface area (Å²) in [5.74, 6) is -0.991. The van der Waals surface area contributed by atoms with Gasteiger partial charge in [0.25, 0.3) is 0 Å². The largest absolute Gasteiger partial charge is 0.481 e. The molecule has 3 atom stereocenters. The molecule has 3 unspecified atom stereocenters. The maximum absolute atomic E-state index is 11.5. The van der Waals surface area contributed by atoms with Crippen LogP contribution in [0.2, 0.25) is 0 Å². The summed E-state index contributed by atoms with van der Waals surface area (Å²) in [7, 11) is 0. The van der Waals surface area contributed by atoms with Gasteiger partial charge in [-0.15, -0.1) is 0 Å². The highest BCUT2D eigenvalue weighted by Gasteiger charge is 2.32. The summed E-state index contributed by atoms with van der Waals surface area (Å²) in [6.07, 6.45) is -2.02. The Morgan fingerprint density at radius 1 is 1.38 bits per heavy atom. The third-order valence-electron chi connectivity index (χ3n) is 2.40. The molecule has 0 aliphatic carbocycles. The van der Waals surface area contributed by atoms with Crippen molar-refractivity contribution in [2.24, 2.45) is 0 Å². The number of β-amino-alcohol motifs (C(OH)–C–C–N with tert-alkyl or cyclic N) is 2. The Morgan fingerprint density at radius 3 is 2.31 bits per heavy atom. The first-order valence-corrected chi connectivity index (χ1v) is 5.03. The molecule has 0 radical (unpaired) electrons. The number of aliphatic hydroxyl groups is 2. The van der Waals surface area contributed by atoms with Gasteiger partial charge < -0.3 is 25.5 Å². The molecule has 1 aliphatic heterocycles. The van der Waals surface area contributed by atoms with Crippen LogP contribution >= 0.6 is 0 Å². The zero-order valence-electron chi connectivity index (χ0n) is 8.96. The molecule has 4 N–H and O–H groups in total. The zero-order valence-corrected chi connectivity index (χ0v) is 8.96. The van der Waals surface area contributed by atoms with Gasteiger partial charge in [-0.05, 0) is 6.92 Å². The van der Waals surface area contributed by atoms with E-state index in [1.54, 1.807) is 6.92 Å². The normalized spacial score (nSPS) is 26.6. The number of urea groups is 1. The fraction of sp³-hybridized carbons (Fsp3) is 0.778. The fourth-order valence-electron chi connectivity index (χ4n) is 1.55. The van der Waals surface area contributed by atoms with Crippen molar-refractivity contribution in [3.05, 3.63) is 0 Å². The Morgan fingerprint density at radius 2 is 1.88 bits per heavy atom. The third kappa shape index (κ3) is 3.35. The number of nitrogens with one attached hydrogen (secondary N) is 1. The molecular formula is C9H16N2O5. The fourth-order valence-corrected chi connectivity index (χ4v) is 1.55. The molecule has 2 amide bonds. The maximum Gasteiger partial charge on any atom is 0.317 e. The molecule has 7 heteroatoms. The van der Waals surface area contributed by atoms with Gasteiger partial charge in [0, 0.05) is 6.04 Å². The van der Waals surface area contributed by atoms with Gasteiger partial charge in [-0.3, -0.25) is 4.79 Å². The van der Waals surface area contributed by atoms with E-state index in [0.29, 0.717) is 0 Å². The number of carboxylic acids is 1. The quantitative estimate of drug-likeness (QED) is 0.478. The van der Waals surface area contributed by atoms with Gasteiger partial charge in [-0.2, -0.15) is 0 Å². The van der Waals surface area contributed by atoms with Crippen LogP contribution < -0.4 is 5.32 Å². The number of aliphatic hydroxyl groups excluding tert-OH is 2. The molecule has 1 rings (SSSR count). The molecule has 1 fully saturated rings. The summed E-state index contributed by atoms with van der Waals surface area (Å²) in [5, 5.41) is 29.4. The number of aliphatic carboxylic acids is 1. The smallest absolute Gasteiger partial charge is 0.317 e. The Labute approximate surface area is 92.7 Å². The van der Waals surface area contributed by atoms with Gasteiger partial charge in [0.15, 0.2) is 0 Å². The van der Waals surface area contributed by atoms with Crippen LogP contribution in [0, 0.1) is 0 Å². The van der Waals surface area contributed by atoms with Gasteiger partial charge in [0.1, 0.15) is 0 Å². The lowest BCUT2D eigenvalue weighted by Gasteiger charge is -2.19. The monoisotopic (exact) mass is 232 g/mol. The minimum absolute atomic E-state index is 0.0623. The summed E-state index contributed by atoms with van der Waals surface area (Å²) in [4.78, 5) is 23.2. The number of carbonyl (C=O) groups excluding carboxylic acids is 1. The highest BCUT2D eigenvalue weighted by molar-refractivity contribution is 5.76. The SMILES string of the molecule is CC(CC(=O)O)NC(=O)N1CC(O)C(O)C1. The van der Waals surface area contributed by atoms with E-state index in [-0.39, 0.29) is 19.5 Å². The average molecular weight is 232 g/mol. The van der Waals surface area contributed by atoms with Gasteiger partial charge in [0.2, 0.25) is 0 Å². The van der Waals surface area contributed by atoms with E-state index in [9.17, 15) is 19.8 Å². The standard InChI is InChI=1S/C9H16N2O5/c1-5(2-8(14)15)10-9(16)11-3-6(12)7(13)4-11/h5-7,12-13H,2-4H2,1H3,(H,10,16)(H,14,15). The Bertz CT molecular complexity index is 273. The number of hydrogen-bond acceptors (Lipinski definition) is 4. The van der Waals surface area contributed by atoms with E-state index in [4.69, 9.17) is 5.11 Å². The molecule has 16 heavy (non-hydrogen) atoms. The lowest BCUT2D eigenvalue weighted by Crippen LogP contribution is -2.44. The summed E-state index contributed by atoms with van der Waals surface area (Å²) >= 11 is 0. The van der Waals surface area contributed by atoms with Crippen LogP contribution in [-0.4, -0.2) is 63.6 Å². The predicted octanol–water partition coefficient (Wildman–Crippen LogP) is -1.40. The highest BCUT2D eigenvalue weighted by Crippen LogP contribution is 2.10. The van der Waals surface area contributed by atoms with Crippen LogP contribution in [0.15, 0.2) is 0 Å². The summed E-state index contributed by atoms with van der Waals surface area (Å²) in [5.41, 5.74) is 0. The molecule has 0 aromatic carbocycles. The molecule has 0 aromatic rings. The van der Waals surface area contributed by atoms with Crippen LogP contribution in [0.5, 0.6) is 0 Å². The Balaban J connectivity index is 2.38. The lowest BCUT2D eigenvalue weighted by atomic mass is 10.2. The molecule has 0 saturated carbocycles. The van der Waals surface area contributed by atoms with Crippen LogP contribution in [0.1, 0.15) is 13.3 Å². The Hall–Kier alpha value is -1.34. The van der Waals surface area contributed by atoms with E-state index in [1.165, 1.54) is 4.90 Å². The number of hydrogen-bond donors (Lipinski definition) is 4. The van der Waals surface area contributed by atoms with Gasteiger partial charge in [0.05, 0.1) is 31.7 Å². The summed E-state index contributed by atoms with van der Waals surface area (Å²) < 4.78 is 0. The lowest BCUT2D eigenvalue weighted by molar-refractivity contribution is -0.137. The number of rotatable bonds is 3. The third-order valence-corrected chi connectivity index (χ3v) is 2.40. The van der Waals surface area contributed by atoms with E-state index in [1.807, 2.05) is 0 Å². The average Bonchev–Trinajstić information content (AvgIpc) is 2.45. The van der Waals surface area contributed by atoms with Crippen molar-refractivity contribution >= 4 is 12.0 Å². The molecule has 92 valence electrons. The zero-order chi connectivity index (χ0) is 12.3. The van der Waals surface area contributed by atoms with Crippen molar-refractivity contribution < 1.29 is 24.9 Å². The number of amides is 2. The predicted molar refractivity (Wildman–Crippen MR) is 53.8 cm³/mol. The maximum atomic E-state index is 11.5. The van der Waals surface area contributed by atoms with Crippen LogP contribution in [-0.2, 0) is 4.79 Å². The van der Waals surface area contributed by atoms with Gasteiger partial charge >= 0.3 is 12.0 Å².